The highest BCUT2D eigenvalue weighted by Gasteiger charge is 2.36. The summed E-state index contributed by atoms with van der Waals surface area (Å²) in [6, 6.07) is 17.1. The Morgan fingerprint density at radius 1 is 0.932 bits per heavy atom. The molecule has 5 N–H and O–H groups in total. The van der Waals surface area contributed by atoms with Crippen molar-refractivity contribution in [3.63, 3.8) is 0 Å². The SMILES string of the molecule is Cc1ccccc1NC(=O)Nc1ccc(CNC(=O)[C@H]2CCN(C(=O)[C@H](CC(=O)O)NC(=O)c3c(Cl)cccc3Cl)C2)cc1. The number of carbonyl (C=O) groups is 5. The summed E-state index contributed by atoms with van der Waals surface area (Å²) in [6.07, 6.45) is -0.279. The first kappa shape index (κ1) is 32.3. The number of carbonyl (C=O) groups excluding carboxylic acids is 4. The average Bonchev–Trinajstić information content (AvgIpc) is 3.47. The Kier molecular flexibility index (Phi) is 10.8. The van der Waals surface area contributed by atoms with Gasteiger partial charge in [-0.05, 0) is 54.8 Å². The van der Waals surface area contributed by atoms with Crippen LogP contribution in [-0.4, -0.2) is 58.9 Å². The third-order valence-electron chi connectivity index (χ3n) is 7.11. The van der Waals surface area contributed by atoms with Crippen LogP contribution in [0.1, 0.15) is 34.3 Å². The zero-order valence-electron chi connectivity index (χ0n) is 23.7. The molecule has 0 unspecified atom stereocenters. The molecular formula is C31H31Cl2N5O6. The molecule has 44 heavy (non-hydrogen) atoms. The maximum absolute atomic E-state index is 13.2. The fourth-order valence-corrected chi connectivity index (χ4v) is 5.32. The molecular weight excluding hydrogens is 609 g/mol. The number of amides is 5. The molecule has 0 radical (unpaired) electrons. The number of urea groups is 1. The summed E-state index contributed by atoms with van der Waals surface area (Å²) in [6.45, 7) is 2.42. The number of likely N-dealkylation sites (tertiary alicyclic amines) is 1. The van der Waals surface area contributed by atoms with Gasteiger partial charge in [0, 0.05) is 31.0 Å². The van der Waals surface area contributed by atoms with E-state index < -0.39 is 36.2 Å². The Balaban J connectivity index is 1.28. The van der Waals surface area contributed by atoms with Gasteiger partial charge < -0.3 is 31.3 Å². The van der Waals surface area contributed by atoms with Crippen LogP contribution in [-0.2, 0) is 20.9 Å². The smallest absolute Gasteiger partial charge is 0.323 e. The van der Waals surface area contributed by atoms with Crippen molar-refractivity contribution in [1.82, 2.24) is 15.5 Å². The minimum atomic E-state index is -1.37. The zero-order valence-corrected chi connectivity index (χ0v) is 25.2. The second-order valence-corrected chi connectivity index (χ2v) is 11.1. The molecule has 13 heteroatoms. The van der Waals surface area contributed by atoms with Gasteiger partial charge in [0.1, 0.15) is 6.04 Å². The molecule has 230 valence electrons. The lowest BCUT2D eigenvalue weighted by Gasteiger charge is -2.24. The summed E-state index contributed by atoms with van der Waals surface area (Å²) in [7, 11) is 0. The summed E-state index contributed by atoms with van der Waals surface area (Å²) in [5.74, 6) is -3.45. The fraction of sp³-hybridized carbons (Fsp3) is 0.258. The van der Waals surface area contributed by atoms with Gasteiger partial charge in [0.2, 0.25) is 11.8 Å². The van der Waals surface area contributed by atoms with E-state index in [0.717, 1.165) is 11.1 Å². The lowest BCUT2D eigenvalue weighted by molar-refractivity contribution is -0.142. The van der Waals surface area contributed by atoms with Gasteiger partial charge in [0.25, 0.3) is 5.91 Å². The summed E-state index contributed by atoms with van der Waals surface area (Å²) >= 11 is 12.2. The molecule has 0 aliphatic carbocycles. The molecule has 3 aromatic rings. The van der Waals surface area contributed by atoms with Gasteiger partial charge in [-0.3, -0.25) is 19.2 Å². The first-order chi connectivity index (χ1) is 21.0. The molecule has 1 aliphatic heterocycles. The molecule has 2 atom stereocenters. The highest BCUT2D eigenvalue weighted by Crippen LogP contribution is 2.25. The van der Waals surface area contributed by atoms with Crippen LogP contribution in [0.15, 0.2) is 66.7 Å². The predicted molar refractivity (Wildman–Crippen MR) is 167 cm³/mol. The molecule has 0 bridgehead atoms. The predicted octanol–water partition coefficient (Wildman–Crippen LogP) is 4.68. The summed E-state index contributed by atoms with van der Waals surface area (Å²) < 4.78 is 0. The number of benzene rings is 3. The van der Waals surface area contributed by atoms with E-state index in [4.69, 9.17) is 23.2 Å². The van der Waals surface area contributed by atoms with Crippen molar-refractivity contribution in [1.29, 1.82) is 0 Å². The number of halogens is 2. The van der Waals surface area contributed by atoms with Crippen molar-refractivity contribution in [2.45, 2.75) is 32.4 Å². The van der Waals surface area contributed by atoms with Crippen LogP contribution >= 0.6 is 23.2 Å². The van der Waals surface area contributed by atoms with Gasteiger partial charge in [0.05, 0.1) is 27.9 Å². The number of aliphatic carboxylic acids is 1. The van der Waals surface area contributed by atoms with Gasteiger partial charge in [-0.2, -0.15) is 0 Å². The van der Waals surface area contributed by atoms with Crippen molar-refractivity contribution >= 4 is 64.3 Å². The molecule has 4 rings (SSSR count). The normalized spacial score (nSPS) is 14.8. The van der Waals surface area contributed by atoms with Gasteiger partial charge in [-0.25, -0.2) is 4.79 Å². The second-order valence-electron chi connectivity index (χ2n) is 10.3. The number of anilines is 2. The minimum Gasteiger partial charge on any atom is -0.481 e. The highest BCUT2D eigenvalue weighted by molar-refractivity contribution is 6.39. The third kappa shape index (κ3) is 8.48. The summed E-state index contributed by atoms with van der Waals surface area (Å²) in [5.41, 5.74) is 2.97. The van der Waals surface area contributed by atoms with Crippen molar-refractivity contribution in [2.75, 3.05) is 23.7 Å². The number of carboxylic acid groups (broad SMARTS) is 1. The molecule has 0 spiro atoms. The maximum atomic E-state index is 13.2. The van der Waals surface area contributed by atoms with Gasteiger partial charge in [-0.15, -0.1) is 0 Å². The van der Waals surface area contributed by atoms with Crippen LogP contribution in [0.4, 0.5) is 16.2 Å². The van der Waals surface area contributed by atoms with Crippen LogP contribution in [0.5, 0.6) is 0 Å². The minimum absolute atomic E-state index is 0.0592. The van der Waals surface area contributed by atoms with E-state index in [0.29, 0.717) is 17.8 Å². The first-order valence-electron chi connectivity index (χ1n) is 13.8. The Labute approximate surface area is 263 Å². The molecule has 1 saturated heterocycles. The van der Waals surface area contributed by atoms with Crippen LogP contribution in [0.3, 0.4) is 0 Å². The number of para-hydroxylation sites is 1. The Hall–Kier alpha value is -4.61. The Bertz CT molecular complexity index is 1550. The van der Waals surface area contributed by atoms with Gasteiger partial charge in [0.15, 0.2) is 0 Å². The Morgan fingerprint density at radius 2 is 1.61 bits per heavy atom. The second kappa shape index (κ2) is 14.7. The highest BCUT2D eigenvalue weighted by atomic mass is 35.5. The van der Waals surface area contributed by atoms with Crippen molar-refractivity contribution in [3.8, 4) is 0 Å². The van der Waals surface area contributed by atoms with Crippen molar-refractivity contribution < 1.29 is 29.1 Å². The number of carboxylic acids is 1. The molecule has 1 fully saturated rings. The third-order valence-corrected chi connectivity index (χ3v) is 7.74. The molecule has 3 aromatic carbocycles. The monoisotopic (exact) mass is 639 g/mol. The van der Waals surface area contributed by atoms with E-state index in [1.54, 1.807) is 30.3 Å². The molecule has 1 aliphatic rings. The standard InChI is InChI=1S/C31H31Cl2N5O6/c1-18-5-2-3-8-24(18)37-31(44)35-21-11-9-19(10-12-21)16-34-28(41)20-13-14-38(17-20)30(43)25(15-26(39)40)36-29(42)27-22(32)6-4-7-23(27)33/h2-12,20,25H,13-17H2,1H3,(H,34,41)(H,36,42)(H,39,40)(H2,35,37,44)/t20-,25-/m0/s1. The molecule has 0 saturated carbocycles. The molecule has 0 aromatic heterocycles. The van der Waals surface area contributed by atoms with Crippen molar-refractivity contribution in [3.05, 3.63) is 93.5 Å². The number of aryl methyl sites for hydroxylation is 1. The maximum Gasteiger partial charge on any atom is 0.323 e. The molecule has 11 nitrogen and oxygen atoms in total. The number of nitrogens with one attached hydrogen (secondary N) is 4. The summed E-state index contributed by atoms with van der Waals surface area (Å²) in [4.78, 5) is 64.1. The van der Waals surface area contributed by atoms with E-state index in [1.165, 1.54) is 17.0 Å². The van der Waals surface area contributed by atoms with Crippen LogP contribution in [0, 0.1) is 12.8 Å². The summed E-state index contributed by atoms with van der Waals surface area (Å²) in [5, 5.41) is 20.3. The lowest BCUT2D eigenvalue weighted by atomic mass is 10.1. The van der Waals surface area contributed by atoms with E-state index in [9.17, 15) is 29.1 Å². The van der Waals surface area contributed by atoms with E-state index in [1.807, 2.05) is 31.2 Å². The van der Waals surface area contributed by atoms with Crippen LogP contribution < -0.4 is 21.3 Å². The largest absolute Gasteiger partial charge is 0.481 e. The van der Waals surface area contributed by atoms with E-state index in [2.05, 4.69) is 21.3 Å². The Morgan fingerprint density at radius 3 is 2.27 bits per heavy atom. The van der Waals surface area contributed by atoms with E-state index in [-0.39, 0.29) is 47.2 Å². The number of hydrogen-bond acceptors (Lipinski definition) is 5. The van der Waals surface area contributed by atoms with Gasteiger partial charge >= 0.3 is 12.0 Å². The molecule has 5 amide bonds. The fourth-order valence-electron chi connectivity index (χ4n) is 4.75. The molecule has 1 heterocycles. The number of rotatable bonds is 10. The first-order valence-corrected chi connectivity index (χ1v) is 14.5. The topological polar surface area (TPSA) is 157 Å². The lowest BCUT2D eigenvalue weighted by Crippen LogP contribution is -2.49. The number of hydrogen-bond donors (Lipinski definition) is 5. The van der Waals surface area contributed by atoms with Crippen LogP contribution in [0.25, 0.3) is 0 Å². The van der Waals surface area contributed by atoms with Crippen LogP contribution in [0.2, 0.25) is 10.0 Å². The van der Waals surface area contributed by atoms with E-state index >= 15 is 0 Å². The average molecular weight is 641 g/mol. The quantitative estimate of drug-likeness (QED) is 0.217. The van der Waals surface area contributed by atoms with Gasteiger partial charge in [-0.1, -0.05) is 59.6 Å². The van der Waals surface area contributed by atoms with Crippen molar-refractivity contribution in [2.24, 2.45) is 5.92 Å². The number of nitrogens with zero attached hydrogens (tertiary/aromatic N) is 1. The zero-order chi connectivity index (χ0) is 31.8.